The van der Waals surface area contributed by atoms with Crippen LogP contribution in [-0.4, -0.2) is 41.1 Å². The Morgan fingerprint density at radius 3 is 2.75 bits per heavy atom. The molecule has 0 spiro atoms. The van der Waals surface area contributed by atoms with Crippen LogP contribution in [0.2, 0.25) is 0 Å². The van der Waals surface area contributed by atoms with Gasteiger partial charge in [-0.1, -0.05) is 0 Å². The minimum atomic E-state index is 0.254. The molecule has 0 amide bonds. The number of piperidine rings is 1. The number of anilines is 1. The molecule has 2 heterocycles. The summed E-state index contributed by atoms with van der Waals surface area (Å²) in [5, 5.41) is 0. The van der Waals surface area contributed by atoms with Crippen molar-refractivity contribution in [3.8, 4) is 5.88 Å². The van der Waals surface area contributed by atoms with E-state index >= 15 is 0 Å². The molecule has 1 aliphatic heterocycles. The maximum atomic E-state index is 5.86. The van der Waals surface area contributed by atoms with E-state index in [1.807, 2.05) is 6.92 Å². The lowest BCUT2D eigenvalue weighted by Crippen LogP contribution is -2.35. The summed E-state index contributed by atoms with van der Waals surface area (Å²) in [7, 11) is 2.13. The first-order valence-electron chi connectivity index (χ1n) is 5.59. The molecule has 16 heavy (non-hydrogen) atoms. The zero-order chi connectivity index (χ0) is 11.5. The Balaban J connectivity index is 2.01. The highest BCUT2D eigenvalue weighted by atomic mass is 16.5. The van der Waals surface area contributed by atoms with Gasteiger partial charge in [0.25, 0.3) is 0 Å². The standard InChI is InChI=1S/C11H18N4O/c1-8-10(12)13-7-14-11(8)16-9-3-5-15(2)6-4-9/h7,9H,3-6H2,1-2H3,(H2,12,13,14). The van der Waals surface area contributed by atoms with E-state index in [9.17, 15) is 0 Å². The molecular weight excluding hydrogens is 204 g/mol. The van der Waals surface area contributed by atoms with E-state index in [1.54, 1.807) is 0 Å². The second-order valence-corrected chi connectivity index (χ2v) is 4.31. The Hall–Kier alpha value is -1.36. The van der Waals surface area contributed by atoms with Crippen molar-refractivity contribution in [2.24, 2.45) is 0 Å². The van der Waals surface area contributed by atoms with E-state index in [-0.39, 0.29) is 6.10 Å². The number of nitrogens with zero attached hydrogens (tertiary/aromatic N) is 3. The average molecular weight is 222 g/mol. The van der Waals surface area contributed by atoms with Gasteiger partial charge in [0.2, 0.25) is 5.88 Å². The van der Waals surface area contributed by atoms with Gasteiger partial charge in [-0.3, -0.25) is 0 Å². The number of hydrogen-bond acceptors (Lipinski definition) is 5. The smallest absolute Gasteiger partial charge is 0.221 e. The lowest BCUT2D eigenvalue weighted by molar-refractivity contribution is 0.109. The minimum Gasteiger partial charge on any atom is -0.474 e. The topological polar surface area (TPSA) is 64.3 Å². The minimum absolute atomic E-state index is 0.254. The molecule has 88 valence electrons. The number of rotatable bonds is 2. The van der Waals surface area contributed by atoms with E-state index in [0.717, 1.165) is 31.5 Å². The summed E-state index contributed by atoms with van der Waals surface area (Å²) in [5.74, 6) is 1.12. The Morgan fingerprint density at radius 2 is 2.06 bits per heavy atom. The second-order valence-electron chi connectivity index (χ2n) is 4.31. The van der Waals surface area contributed by atoms with Crippen LogP contribution in [0, 0.1) is 6.92 Å². The zero-order valence-electron chi connectivity index (χ0n) is 9.81. The molecule has 0 saturated carbocycles. The van der Waals surface area contributed by atoms with Crippen LogP contribution in [0.4, 0.5) is 5.82 Å². The molecule has 1 saturated heterocycles. The van der Waals surface area contributed by atoms with Crippen molar-refractivity contribution in [1.29, 1.82) is 0 Å². The molecule has 2 N–H and O–H groups in total. The summed E-state index contributed by atoms with van der Waals surface area (Å²) >= 11 is 0. The predicted molar refractivity (Wildman–Crippen MR) is 62.3 cm³/mol. The van der Waals surface area contributed by atoms with Gasteiger partial charge in [-0.2, -0.15) is 0 Å². The van der Waals surface area contributed by atoms with Crippen LogP contribution in [0.25, 0.3) is 0 Å². The highest BCUT2D eigenvalue weighted by Gasteiger charge is 2.19. The van der Waals surface area contributed by atoms with Gasteiger partial charge in [-0.25, -0.2) is 9.97 Å². The van der Waals surface area contributed by atoms with Crippen LogP contribution in [0.5, 0.6) is 5.88 Å². The van der Waals surface area contributed by atoms with Crippen LogP contribution in [0.1, 0.15) is 18.4 Å². The summed E-state index contributed by atoms with van der Waals surface area (Å²) in [5.41, 5.74) is 6.54. The van der Waals surface area contributed by atoms with Gasteiger partial charge in [0.05, 0.1) is 5.56 Å². The normalized spacial score (nSPS) is 18.6. The van der Waals surface area contributed by atoms with Crippen molar-refractivity contribution < 1.29 is 4.74 Å². The third kappa shape index (κ3) is 2.41. The van der Waals surface area contributed by atoms with E-state index in [4.69, 9.17) is 10.5 Å². The van der Waals surface area contributed by atoms with Gasteiger partial charge in [0.1, 0.15) is 18.2 Å². The molecule has 5 heteroatoms. The molecule has 0 bridgehead atoms. The molecule has 5 nitrogen and oxygen atoms in total. The first-order valence-corrected chi connectivity index (χ1v) is 5.59. The van der Waals surface area contributed by atoms with Crippen LogP contribution in [-0.2, 0) is 0 Å². The fraction of sp³-hybridized carbons (Fsp3) is 0.636. The third-order valence-electron chi connectivity index (χ3n) is 3.02. The highest BCUT2D eigenvalue weighted by molar-refractivity contribution is 5.43. The van der Waals surface area contributed by atoms with Gasteiger partial charge < -0.3 is 15.4 Å². The summed E-state index contributed by atoms with van der Waals surface area (Å²) in [6.07, 6.45) is 3.79. The maximum Gasteiger partial charge on any atom is 0.221 e. The van der Waals surface area contributed by atoms with Gasteiger partial charge in [-0.05, 0) is 26.8 Å². The monoisotopic (exact) mass is 222 g/mol. The van der Waals surface area contributed by atoms with Gasteiger partial charge in [-0.15, -0.1) is 0 Å². The van der Waals surface area contributed by atoms with Crippen molar-refractivity contribution in [2.45, 2.75) is 25.9 Å². The van der Waals surface area contributed by atoms with E-state index in [1.165, 1.54) is 6.33 Å². The van der Waals surface area contributed by atoms with Crippen LogP contribution in [0.15, 0.2) is 6.33 Å². The number of aromatic nitrogens is 2. The molecule has 0 unspecified atom stereocenters. The molecule has 0 radical (unpaired) electrons. The summed E-state index contributed by atoms with van der Waals surface area (Å²) in [6, 6.07) is 0. The van der Waals surface area contributed by atoms with Gasteiger partial charge in [0.15, 0.2) is 0 Å². The van der Waals surface area contributed by atoms with Crippen LogP contribution < -0.4 is 10.5 Å². The quantitative estimate of drug-likeness (QED) is 0.803. The van der Waals surface area contributed by atoms with E-state index < -0.39 is 0 Å². The van der Waals surface area contributed by atoms with E-state index in [0.29, 0.717) is 11.7 Å². The molecule has 1 aliphatic rings. The second kappa shape index (κ2) is 4.65. The molecule has 0 atom stereocenters. The molecule has 1 fully saturated rings. The Kier molecular flexibility index (Phi) is 3.24. The SMILES string of the molecule is Cc1c(N)ncnc1OC1CCN(C)CC1. The Bertz CT molecular complexity index is 361. The Morgan fingerprint density at radius 1 is 1.38 bits per heavy atom. The van der Waals surface area contributed by atoms with Crippen LogP contribution in [0.3, 0.4) is 0 Å². The van der Waals surface area contributed by atoms with Gasteiger partial charge >= 0.3 is 0 Å². The van der Waals surface area contributed by atoms with Crippen molar-refractivity contribution in [1.82, 2.24) is 14.9 Å². The fourth-order valence-electron chi connectivity index (χ4n) is 1.83. The zero-order valence-corrected chi connectivity index (χ0v) is 9.81. The lowest BCUT2D eigenvalue weighted by atomic mass is 10.1. The average Bonchev–Trinajstić information content (AvgIpc) is 2.28. The fourth-order valence-corrected chi connectivity index (χ4v) is 1.83. The number of ether oxygens (including phenoxy) is 1. The van der Waals surface area contributed by atoms with Crippen molar-refractivity contribution >= 4 is 5.82 Å². The molecule has 0 aromatic carbocycles. The molecule has 1 aromatic rings. The number of likely N-dealkylation sites (tertiary alicyclic amines) is 1. The molecule has 0 aliphatic carbocycles. The summed E-state index contributed by atoms with van der Waals surface area (Å²) in [6.45, 7) is 4.04. The van der Waals surface area contributed by atoms with Crippen molar-refractivity contribution in [3.63, 3.8) is 0 Å². The predicted octanol–water partition coefficient (Wildman–Crippen LogP) is 0.840. The lowest BCUT2D eigenvalue weighted by Gasteiger charge is -2.29. The molecule has 1 aromatic heterocycles. The van der Waals surface area contributed by atoms with Gasteiger partial charge in [0, 0.05) is 13.1 Å². The number of hydrogen-bond donors (Lipinski definition) is 1. The van der Waals surface area contributed by atoms with E-state index in [2.05, 4.69) is 21.9 Å². The Labute approximate surface area is 95.6 Å². The van der Waals surface area contributed by atoms with Crippen molar-refractivity contribution in [3.05, 3.63) is 11.9 Å². The molecule has 2 rings (SSSR count). The third-order valence-corrected chi connectivity index (χ3v) is 3.02. The summed E-state index contributed by atoms with van der Waals surface area (Å²) in [4.78, 5) is 10.4. The van der Waals surface area contributed by atoms with Crippen LogP contribution >= 0.6 is 0 Å². The number of nitrogen functional groups attached to an aromatic ring is 1. The highest BCUT2D eigenvalue weighted by Crippen LogP contribution is 2.22. The first-order chi connectivity index (χ1) is 7.66. The largest absolute Gasteiger partial charge is 0.474 e. The first kappa shape index (κ1) is 11.1. The maximum absolute atomic E-state index is 5.86. The van der Waals surface area contributed by atoms with Crippen molar-refractivity contribution in [2.75, 3.05) is 25.9 Å². The molecular formula is C11H18N4O. The number of nitrogens with two attached hydrogens (primary N) is 1. The summed E-state index contributed by atoms with van der Waals surface area (Å²) < 4.78 is 5.86.